The van der Waals surface area contributed by atoms with Crippen LogP contribution in [0.3, 0.4) is 0 Å². The van der Waals surface area contributed by atoms with Crippen LogP contribution in [0.5, 0.6) is 5.75 Å². The molecule has 0 aliphatic heterocycles. The van der Waals surface area contributed by atoms with Gasteiger partial charge in [0.2, 0.25) is 0 Å². The van der Waals surface area contributed by atoms with E-state index in [9.17, 15) is 9.90 Å². The second-order valence-electron chi connectivity index (χ2n) is 3.59. The second kappa shape index (κ2) is 4.05. The van der Waals surface area contributed by atoms with E-state index in [2.05, 4.69) is 4.99 Å². The van der Waals surface area contributed by atoms with Crippen LogP contribution >= 0.6 is 0 Å². The molecule has 3 heteroatoms. The van der Waals surface area contributed by atoms with Gasteiger partial charge in [0.05, 0.1) is 0 Å². The third-order valence-electron chi connectivity index (χ3n) is 1.76. The van der Waals surface area contributed by atoms with Crippen LogP contribution < -0.4 is 0 Å². The molecular weight excluding hydrogens is 178 g/mol. The number of aromatic hydroxyl groups is 1. The summed E-state index contributed by atoms with van der Waals surface area (Å²) in [5.74, 6) is 0.165. The van der Waals surface area contributed by atoms with Gasteiger partial charge >= 0.3 is 0 Å². The standard InChI is InChI=1S/C11H13NO2/c1-11(2,8-13)12-7-9-5-3-4-6-10(9)14/h3-8,14H,1-2H3. The van der Waals surface area contributed by atoms with Gasteiger partial charge in [-0.05, 0) is 26.0 Å². The van der Waals surface area contributed by atoms with Gasteiger partial charge in [0, 0.05) is 11.8 Å². The average molecular weight is 191 g/mol. The molecule has 0 spiro atoms. The predicted molar refractivity (Wildman–Crippen MR) is 55.8 cm³/mol. The molecule has 1 aromatic rings. The molecule has 0 fully saturated rings. The van der Waals surface area contributed by atoms with Crippen molar-refractivity contribution in [1.82, 2.24) is 0 Å². The Morgan fingerprint density at radius 3 is 2.57 bits per heavy atom. The fourth-order valence-corrected chi connectivity index (χ4v) is 0.863. The molecule has 0 amide bonds. The van der Waals surface area contributed by atoms with Crippen LogP contribution in [0, 0.1) is 0 Å². The summed E-state index contributed by atoms with van der Waals surface area (Å²) in [5, 5.41) is 9.40. The molecule has 1 N–H and O–H groups in total. The van der Waals surface area contributed by atoms with Crippen LogP contribution in [0.25, 0.3) is 0 Å². The summed E-state index contributed by atoms with van der Waals surface area (Å²) in [5.41, 5.74) is -0.120. The van der Waals surface area contributed by atoms with E-state index in [-0.39, 0.29) is 5.75 Å². The summed E-state index contributed by atoms with van der Waals surface area (Å²) in [4.78, 5) is 14.6. The van der Waals surface area contributed by atoms with E-state index < -0.39 is 5.54 Å². The number of carbonyl (C=O) groups is 1. The molecule has 0 aromatic heterocycles. The first kappa shape index (κ1) is 10.4. The Balaban J connectivity index is 2.89. The fraction of sp³-hybridized carbons (Fsp3) is 0.273. The highest BCUT2D eigenvalue weighted by Crippen LogP contribution is 2.14. The third kappa shape index (κ3) is 2.69. The quantitative estimate of drug-likeness (QED) is 0.585. The first-order valence-corrected chi connectivity index (χ1v) is 4.35. The number of phenols is 1. The normalized spacial score (nSPS) is 11.9. The highest BCUT2D eigenvalue weighted by molar-refractivity contribution is 5.85. The maximum absolute atomic E-state index is 10.6. The minimum atomic E-state index is -0.734. The number of nitrogens with zero attached hydrogens (tertiary/aromatic N) is 1. The predicted octanol–water partition coefficient (Wildman–Crippen LogP) is 1.79. The topological polar surface area (TPSA) is 49.7 Å². The number of phenolic OH excluding ortho intramolecular Hbond substituents is 1. The Hall–Kier alpha value is -1.64. The Morgan fingerprint density at radius 2 is 2.00 bits per heavy atom. The lowest BCUT2D eigenvalue weighted by Crippen LogP contribution is -2.18. The van der Waals surface area contributed by atoms with Crippen LogP contribution in [0.15, 0.2) is 29.3 Å². The van der Waals surface area contributed by atoms with Gasteiger partial charge in [-0.1, -0.05) is 12.1 Å². The van der Waals surface area contributed by atoms with E-state index in [4.69, 9.17) is 0 Å². The number of hydrogen-bond acceptors (Lipinski definition) is 3. The lowest BCUT2D eigenvalue weighted by Gasteiger charge is -2.09. The van der Waals surface area contributed by atoms with Crippen molar-refractivity contribution in [3.8, 4) is 5.75 Å². The minimum absolute atomic E-state index is 0.165. The van der Waals surface area contributed by atoms with Crippen molar-refractivity contribution in [2.75, 3.05) is 0 Å². The summed E-state index contributed by atoms with van der Waals surface area (Å²) in [6, 6.07) is 6.85. The summed E-state index contributed by atoms with van der Waals surface area (Å²) < 4.78 is 0. The zero-order valence-electron chi connectivity index (χ0n) is 8.27. The Bertz CT molecular complexity index is 356. The molecule has 0 aliphatic carbocycles. The molecule has 0 unspecified atom stereocenters. The van der Waals surface area contributed by atoms with Crippen molar-refractivity contribution in [1.29, 1.82) is 0 Å². The third-order valence-corrected chi connectivity index (χ3v) is 1.76. The minimum Gasteiger partial charge on any atom is -0.507 e. The van der Waals surface area contributed by atoms with Crippen LogP contribution in [-0.2, 0) is 4.79 Å². The summed E-state index contributed by atoms with van der Waals surface area (Å²) in [6.45, 7) is 3.41. The molecule has 1 rings (SSSR count). The number of aldehydes is 1. The van der Waals surface area contributed by atoms with Crippen LogP contribution in [0.2, 0.25) is 0 Å². The number of rotatable bonds is 3. The lowest BCUT2D eigenvalue weighted by atomic mass is 10.1. The maximum Gasteiger partial charge on any atom is 0.146 e. The SMILES string of the molecule is CC(C)(C=O)N=Cc1ccccc1O. The second-order valence-corrected chi connectivity index (χ2v) is 3.59. The zero-order valence-corrected chi connectivity index (χ0v) is 8.27. The van der Waals surface area contributed by atoms with E-state index in [1.807, 2.05) is 0 Å². The number of benzene rings is 1. The number of para-hydroxylation sites is 1. The summed E-state index contributed by atoms with van der Waals surface area (Å²) in [7, 11) is 0. The summed E-state index contributed by atoms with van der Waals surface area (Å²) >= 11 is 0. The first-order valence-electron chi connectivity index (χ1n) is 4.35. The van der Waals surface area contributed by atoms with Crippen molar-refractivity contribution in [2.24, 2.45) is 4.99 Å². The molecular formula is C11H13NO2. The smallest absolute Gasteiger partial charge is 0.146 e. The molecule has 0 atom stereocenters. The molecule has 1 aromatic carbocycles. The van der Waals surface area contributed by atoms with Gasteiger partial charge in [0.15, 0.2) is 0 Å². The highest BCUT2D eigenvalue weighted by Gasteiger charge is 2.12. The van der Waals surface area contributed by atoms with Gasteiger partial charge in [0.25, 0.3) is 0 Å². The number of carbonyl (C=O) groups excluding carboxylic acids is 1. The monoisotopic (exact) mass is 191 g/mol. The molecule has 3 nitrogen and oxygen atoms in total. The maximum atomic E-state index is 10.6. The average Bonchev–Trinajstić information content (AvgIpc) is 2.17. The molecule has 0 bridgehead atoms. The molecule has 74 valence electrons. The Kier molecular flexibility index (Phi) is 3.02. The van der Waals surface area contributed by atoms with E-state index >= 15 is 0 Å². The van der Waals surface area contributed by atoms with E-state index in [1.54, 1.807) is 38.1 Å². The van der Waals surface area contributed by atoms with Crippen molar-refractivity contribution in [2.45, 2.75) is 19.4 Å². The highest BCUT2D eigenvalue weighted by atomic mass is 16.3. The van der Waals surface area contributed by atoms with Gasteiger partial charge < -0.3 is 9.90 Å². The van der Waals surface area contributed by atoms with Gasteiger partial charge in [-0.3, -0.25) is 4.99 Å². The van der Waals surface area contributed by atoms with E-state index in [0.29, 0.717) is 5.56 Å². The Morgan fingerprint density at radius 1 is 1.36 bits per heavy atom. The van der Waals surface area contributed by atoms with Gasteiger partial charge in [-0.15, -0.1) is 0 Å². The van der Waals surface area contributed by atoms with Crippen LogP contribution in [-0.4, -0.2) is 23.1 Å². The van der Waals surface area contributed by atoms with Crippen molar-refractivity contribution >= 4 is 12.5 Å². The number of aliphatic imine (C=N–C) groups is 1. The number of hydrogen-bond donors (Lipinski definition) is 1. The molecule has 14 heavy (non-hydrogen) atoms. The molecule has 0 radical (unpaired) electrons. The van der Waals surface area contributed by atoms with E-state index in [0.717, 1.165) is 6.29 Å². The lowest BCUT2D eigenvalue weighted by molar-refractivity contribution is -0.111. The Labute approximate surface area is 83.1 Å². The van der Waals surface area contributed by atoms with Gasteiger partial charge in [-0.25, -0.2) is 0 Å². The largest absolute Gasteiger partial charge is 0.507 e. The first-order chi connectivity index (χ1) is 6.55. The molecule has 0 saturated carbocycles. The molecule has 0 saturated heterocycles. The van der Waals surface area contributed by atoms with Crippen molar-refractivity contribution < 1.29 is 9.90 Å². The molecule has 0 heterocycles. The van der Waals surface area contributed by atoms with Gasteiger partial charge in [0.1, 0.15) is 17.6 Å². The summed E-state index contributed by atoms with van der Waals surface area (Å²) in [6.07, 6.45) is 2.27. The van der Waals surface area contributed by atoms with E-state index in [1.165, 1.54) is 6.21 Å². The molecule has 0 aliphatic rings. The van der Waals surface area contributed by atoms with Crippen molar-refractivity contribution in [3.05, 3.63) is 29.8 Å². The zero-order chi connectivity index (χ0) is 10.6. The van der Waals surface area contributed by atoms with Crippen molar-refractivity contribution in [3.63, 3.8) is 0 Å². The van der Waals surface area contributed by atoms with Crippen LogP contribution in [0.4, 0.5) is 0 Å². The van der Waals surface area contributed by atoms with Gasteiger partial charge in [-0.2, -0.15) is 0 Å². The fourth-order valence-electron chi connectivity index (χ4n) is 0.863. The van der Waals surface area contributed by atoms with Crippen LogP contribution in [0.1, 0.15) is 19.4 Å².